The first kappa shape index (κ1) is 16.7. The Hall–Kier alpha value is -0.710. The second-order valence-corrected chi connectivity index (χ2v) is 7.24. The summed E-state index contributed by atoms with van der Waals surface area (Å²) in [5.74, 6) is 0.284. The molecule has 0 radical (unpaired) electrons. The van der Waals surface area contributed by atoms with Gasteiger partial charge in [0.2, 0.25) is 0 Å². The van der Waals surface area contributed by atoms with E-state index >= 15 is 0 Å². The fourth-order valence-electron chi connectivity index (χ4n) is 2.94. The molecular weight excluding hydrogens is 306 g/mol. The average Bonchev–Trinajstić information content (AvgIpc) is 2.45. The normalized spacial score (nSPS) is 25.6. The number of hydrogen-bond acceptors (Lipinski definition) is 3. The van der Waals surface area contributed by atoms with E-state index < -0.39 is 5.60 Å². The van der Waals surface area contributed by atoms with Crippen molar-refractivity contribution in [2.75, 3.05) is 12.8 Å². The highest BCUT2D eigenvalue weighted by Crippen LogP contribution is 2.31. The molecule has 1 aromatic carbocycles. The summed E-state index contributed by atoms with van der Waals surface area (Å²) in [6.07, 6.45) is 5.60. The summed E-state index contributed by atoms with van der Waals surface area (Å²) in [4.78, 5) is 13.3. The van der Waals surface area contributed by atoms with E-state index in [4.69, 9.17) is 11.6 Å². The topological polar surface area (TPSA) is 49.3 Å². The van der Waals surface area contributed by atoms with Gasteiger partial charge in [-0.15, -0.1) is 11.8 Å². The van der Waals surface area contributed by atoms with Gasteiger partial charge in [-0.3, -0.25) is 4.79 Å². The van der Waals surface area contributed by atoms with Crippen LogP contribution in [-0.4, -0.2) is 29.4 Å². The van der Waals surface area contributed by atoms with Crippen LogP contribution in [0.1, 0.15) is 43.0 Å². The van der Waals surface area contributed by atoms with Gasteiger partial charge in [0.15, 0.2) is 0 Å². The number of carbonyl (C=O) groups excluding carboxylic acids is 1. The number of carbonyl (C=O) groups is 1. The van der Waals surface area contributed by atoms with Crippen LogP contribution < -0.4 is 5.32 Å². The van der Waals surface area contributed by atoms with Crippen LogP contribution in [0.3, 0.4) is 0 Å². The van der Waals surface area contributed by atoms with Gasteiger partial charge in [0.05, 0.1) is 16.2 Å². The fourth-order valence-corrected chi connectivity index (χ4v) is 3.58. The van der Waals surface area contributed by atoms with Crippen LogP contribution in [0.2, 0.25) is 5.02 Å². The minimum atomic E-state index is -0.781. The third kappa shape index (κ3) is 4.38. The van der Waals surface area contributed by atoms with Crippen molar-refractivity contribution in [2.45, 2.75) is 43.1 Å². The van der Waals surface area contributed by atoms with Gasteiger partial charge in [-0.05, 0) is 43.2 Å². The summed E-state index contributed by atoms with van der Waals surface area (Å²) < 4.78 is 0. The number of halogens is 1. The molecule has 5 heteroatoms. The highest BCUT2D eigenvalue weighted by atomic mass is 35.5. The molecule has 0 aromatic heterocycles. The van der Waals surface area contributed by atoms with Gasteiger partial charge in [0.1, 0.15) is 0 Å². The summed E-state index contributed by atoms with van der Waals surface area (Å²) in [6.45, 7) is 2.43. The number of thioether (sulfide) groups is 1. The summed E-state index contributed by atoms with van der Waals surface area (Å²) >= 11 is 7.66. The number of rotatable bonds is 4. The number of hydrogen-bond donors (Lipinski definition) is 2. The van der Waals surface area contributed by atoms with E-state index in [2.05, 4.69) is 12.2 Å². The van der Waals surface area contributed by atoms with Crippen molar-refractivity contribution in [1.29, 1.82) is 0 Å². The lowest BCUT2D eigenvalue weighted by atomic mass is 9.79. The molecule has 0 bridgehead atoms. The Kier molecular flexibility index (Phi) is 5.58. The summed E-state index contributed by atoms with van der Waals surface area (Å²) in [7, 11) is 0. The lowest BCUT2D eigenvalue weighted by Crippen LogP contribution is -2.45. The summed E-state index contributed by atoms with van der Waals surface area (Å²) in [5.41, 5.74) is -0.312. The third-order valence-corrected chi connectivity index (χ3v) is 5.12. The molecule has 1 aliphatic carbocycles. The first-order chi connectivity index (χ1) is 9.93. The average molecular weight is 328 g/mol. The lowest BCUT2D eigenvalue weighted by molar-refractivity contribution is -0.0109. The van der Waals surface area contributed by atoms with Gasteiger partial charge in [-0.25, -0.2) is 0 Å². The minimum Gasteiger partial charge on any atom is -0.388 e. The SMILES string of the molecule is CSc1ccc(Cl)c(C(=O)NCC2(O)CCCC(C)C2)c1. The quantitative estimate of drug-likeness (QED) is 0.828. The predicted octanol–water partition coefficient (Wildman–Crippen LogP) is 3.73. The Morgan fingerprint density at radius 1 is 1.57 bits per heavy atom. The Bertz CT molecular complexity index is 523. The van der Waals surface area contributed by atoms with Crippen LogP contribution in [0.15, 0.2) is 23.1 Å². The zero-order valence-electron chi connectivity index (χ0n) is 12.5. The Morgan fingerprint density at radius 2 is 2.33 bits per heavy atom. The smallest absolute Gasteiger partial charge is 0.252 e. The predicted molar refractivity (Wildman–Crippen MR) is 88.1 cm³/mol. The van der Waals surface area contributed by atoms with Gasteiger partial charge >= 0.3 is 0 Å². The maximum absolute atomic E-state index is 12.3. The molecule has 0 heterocycles. The van der Waals surface area contributed by atoms with E-state index in [-0.39, 0.29) is 12.5 Å². The molecule has 2 rings (SSSR count). The standard InChI is InChI=1S/C16H22ClNO2S/c1-11-4-3-7-16(20,9-11)10-18-15(19)13-8-12(21-2)5-6-14(13)17/h5-6,8,11,20H,3-4,7,9-10H2,1-2H3,(H,18,19). The lowest BCUT2D eigenvalue weighted by Gasteiger charge is -2.35. The molecule has 0 saturated heterocycles. The molecule has 1 aromatic rings. The summed E-state index contributed by atoms with van der Waals surface area (Å²) in [5, 5.41) is 13.8. The summed E-state index contributed by atoms with van der Waals surface area (Å²) in [6, 6.07) is 5.41. The molecule has 21 heavy (non-hydrogen) atoms. The molecule has 2 unspecified atom stereocenters. The van der Waals surface area contributed by atoms with Gasteiger partial charge in [0.25, 0.3) is 5.91 Å². The Balaban J connectivity index is 2.01. The van der Waals surface area contributed by atoms with Crippen LogP contribution in [0.5, 0.6) is 0 Å². The van der Waals surface area contributed by atoms with Crippen molar-refractivity contribution in [3.63, 3.8) is 0 Å². The first-order valence-corrected chi connectivity index (χ1v) is 8.88. The van der Waals surface area contributed by atoms with Gasteiger partial charge in [0, 0.05) is 11.4 Å². The fraction of sp³-hybridized carbons (Fsp3) is 0.562. The molecule has 2 atom stereocenters. The molecule has 116 valence electrons. The number of aliphatic hydroxyl groups is 1. The zero-order chi connectivity index (χ0) is 15.5. The number of benzene rings is 1. The zero-order valence-corrected chi connectivity index (χ0v) is 14.1. The van der Waals surface area contributed by atoms with Crippen molar-refractivity contribution in [2.24, 2.45) is 5.92 Å². The van der Waals surface area contributed by atoms with Crippen LogP contribution in [0.25, 0.3) is 0 Å². The van der Waals surface area contributed by atoms with Crippen molar-refractivity contribution >= 4 is 29.3 Å². The molecule has 0 spiro atoms. The van der Waals surface area contributed by atoms with E-state index in [1.165, 1.54) is 0 Å². The Labute approximate surface area is 135 Å². The molecule has 1 saturated carbocycles. The second kappa shape index (κ2) is 7.03. The van der Waals surface area contributed by atoms with Crippen molar-refractivity contribution in [3.05, 3.63) is 28.8 Å². The molecule has 1 amide bonds. The number of amides is 1. The number of nitrogens with one attached hydrogen (secondary N) is 1. The van der Waals surface area contributed by atoms with Crippen LogP contribution in [-0.2, 0) is 0 Å². The van der Waals surface area contributed by atoms with Crippen molar-refractivity contribution < 1.29 is 9.90 Å². The molecule has 3 nitrogen and oxygen atoms in total. The van der Waals surface area contributed by atoms with Crippen LogP contribution in [0, 0.1) is 5.92 Å². The van der Waals surface area contributed by atoms with Crippen molar-refractivity contribution in [1.82, 2.24) is 5.32 Å². The van der Waals surface area contributed by atoms with E-state index in [9.17, 15) is 9.90 Å². The molecule has 1 aliphatic rings. The second-order valence-electron chi connectivity index (χ2n) is 5.95. The van der Waals surface area contributed by atoms with Crippen molar-refractivity contribution in [3.8, 4) is 0 Å². The minimum absolute atomic E-state index is 0.220. The highest BCUT2D eigenvalue weighted by molar-refractivity contribution is 7.98. The van der Waals surface area contributed by atoms with Gasteiger partial charge in [-0.2, -0.15) is 0 Å². The molecule has 2 N–H and O–H groups in total. The van der Waals surface area contributed by atoms with E-state index in [0.717, 1.165) is 30.6 Å². The van der Waals surface area contributed by atoms with Crippen LogP contribution >= 0.6 is 23.4 Å². The van der Waals surface area contributed by atoms with Gasteiger partial charge < -0.3 is 10.4 Å². The first-order valence-electron chi connectivity index (χ1n) is 7.28. The Morgan fingerprint density at radius 3 is 3.00 bits per heavy atom. The molecular formula is C16H22ClNO2S. The largest absolute Gasteiger partial charge is 0.388 e. The third-order valence-electron chi connectivity index (χ3n) is 4.06. The highest BCUT2D eigenvalue weighted by Gasteiger charge is 2.33. The monoisotopic (exact) mass is 327 g/mol. The van der Waals surface area contributed by atoms with E-state index in [1.54, 1.807) is 23.9 Å². The van der Waals surface area contributed by atoms with E-state index in [0.29, 0.717) is 16.5 Å². The van der Waals surface area contributed by atoms with E-state index in [1.807, 2.05) is 12.3 Å². The molecule has 0 aliphatic heterocycles. The maximum Gasteiger partial charge on any atom is 0.252 e. The van der Waals surface area contributed by atoms with Gasteiger partial charge in [-0.1, -0.05) is 31.4 Å². The molecule has 1 fully saturated rings. The maximum atomic E-state index is 12.3. The van der Waals surface area contributed by atoms with Crippen LogP contribution in [0.4, 0.5) is 0 Å².